The molecule has 0 N–H and O–H groups in total. The van der Waals surface area contributed by atoms with Crippen LogP contribution in [0.2, 0.25) is 0 Å². The first-order chi connectivity index (χ1) is 9.69. The van der Waals surface area contributed by atoms with Gasteiger partial charge in [-0.3, -0.25) is 9.59 Å². The van der Waals surface area contributed by atoms with Crippen LogP contribution in [-0.2, 0) is 23.8 Å². The quantitative estimate of drug-likeness (QED) is 0.463. The molecule has 0 spiro atoms. The van der Waals surface area contributed by atoms with Crippen molar-refractivity contribution in [3.05, 3.63) is 29.8 Å². The van der Waals surface area contributed by atoms with E-state index in [9.17, 15) is 9.59 Å². The molecule has 0 aromatic heterocycles. The Morgan fingerprint density at radius 1 is 1.25 bits per heavy atom. The summed E-state index contributed by atoms with van der Waals surface area (Å²) in [5.74, 6) is -0.916. The number of carbonyl (C=O) groups excluding carboxylic acids is 2. The number of hydrogen-bond donors (Lipinski definition) is 0. The van der Waals surface area contributed by atoms with E-state index in [-0.39, 0.29) is 6.61 Å². The third-order valence-electron chi connectivity index (χ3n) is 2.58. The summed E-state index contributed by atoms with van der Waals surface area (Å²) in [7, 11) is 0. The van der Waals surface area contributed by atoms with Gasteiger partial charge in [0.25, 0.3) is 0 Å². The fraction of sp³-hybridized carbons (Fsp3) is 0.429. The van der Waals surface area contributed by atoms with Crippen molar-refractivity contribution in [1.29, 1.82) is 0 Å². The van der Waals surface area contributed by atoms with Crippen molar-refractivity contribution in [2.75, 3.05) is 19.8 Å². The average Bonchev–Trinajstić information content (AvgIpc) is 2.92. The Kier molecular flexibility index (Phi) is 5.09. The maximum Gasteiger partial charge on any atom is 0.322 e. The zero-order valence-electron chi connectivity index (χ0n) is 11.2. The molecular formula is C14H16O6. The van der Waals surface area contributed by atoms with Crippen LogP contribution in [0.3, 0.4) is 0 Å². The van der Waals surface area contributed by atoms with Crippen LogP contribution < -0.4 is 4.74 Å². The molecule has 2 rings (SSSR count). The highest BCUT2D eigenvalue weighted by molar-refractivity contribution is 5.92. The summed E-state index contributed by atoms with van der Waals surface area (Å²) in [4.78, 5) is 22.7. The number of ether oxygens (including phenoxy) is 4. The van der Waals surface area contributed by atoms with Crippen LogP contribution in [0.15, 0.2) is 24.3 Å². The van der Waals surface area contributed by atoms with Gasteiger partial charge in [-0.05, 0) is 19.1 Å². The molecule has 1 fully saturated rings. The molecule has 0 radical (unpaired) electrons. The second-order valence-electron chi connectivity index (χ2n) is 4.10. The highest BCUT2D eigenvalue weighted by Crippen LogP contribution is 2.26. The van der Waals surface area contributed by atoms with Crippen LogP contribution in [0.25, 0.3) is 0 Å². The first-order valence-corrected chi connectivity index (χ1v) is 6.38. The van der Waals surface area contributed by atoms with Gasteiger partial charge in [0.05, 0.1) is 19.8 Å². The second-order valence-corrected chi connectivity index (χ2v) is 4.10. The van der Waals surface area contributed by atoms with Gasteiger partial charge < -0.3 is 18.9 Å². The molecule has 0 bridgehead atoms. The average molecular weight is 280 g/mol. The van der Waals surface area contributed by atoms with Crippen LogP contribution in [0.1, 0.15) is 25.2 Å². The van der Waals surface area contributed by atoms with Crippen LogP contribution in [0.4, 0.5) is 0 Å². The van der Waals surface area contributed by atoms with Crippen molar-refractivity contribution in [3.8, 4) is 5.75 Å². The Labute approximate surface area is 116 Å². The van der Waals surface area contributed by atoms with E-state index in [2.05, 4.69) is 4.74 Å². The minimum absolute atomic E-state index is 0.234. The number of esters is 2. The minimum Gasteiger partial charge on any atom is -0.466 e. The van der Waals surface area contributed by atoms with Crippen LogP contribution in [-0.4, -0.2) is 31.8 Å². The maximum atomic E-state index is 11.5. The number of benzene rings is 1. The summed E-state index contributed by atoms with van der Waals surface area (Å²) in [6.07, 6.45) is -0.840. The predicted octanol–water partition coefficient (Wildman–Crippen LogP) is 1.59. The lowest BCUT2D eigenvalue weighted by molar-refractivity contribution is -0.149. The van der Waals surface area contributed by atoms with Gasteiger partial charge in [0.15, 0.2) is 6.29 Å². The molecule has 1 aliphatic heterocycles. The molecule has 6 heteroatoms. The van der Waals surface area contributed by atoms with Gasteiger partial charge in [-0.25, -0.2) is 0 Å². The smallest absolute Gasteiger partial charge is 0.322 e. The van der Waals surface area contributed by atoms with Crippen molar-refractivity contribution < 1.29 is 28.5 Å². The van der Waals surface area contributed by atoms with E-state index >= 15 is 0 Å². The predicted molar refractivity (Wildman–Crippen MR) is 68.0 cm³/mol. The molecule has 108 valence electrons. The lowest BCUT2D eigenvalue weighted by atomic mass is 10.2. The van der Waals surface area contributed by atoms with Crippen molar-refractivity contribution >= 4 is 11.9 Å². The lowest BCUT2D eigenvalue weighted by Gasteiger charge is -2.10. The number of carbonyl (C=O) groups is 2. The number of rotatable bonds is 5. The molecule has 0 amide bonds. The molecule has 0 unspecified atom stereocenters. The van der Waals surface area contributed by atoms with Crippen LogP contribution in [0.5, 0.6) is 5.75 Å². The first kappa shape index (κ1) is 14.5. The van der Waals surface area contributed by atoms with Crippen molar-refractivity contribution in [3.63, 3.8) is 0 Å². The lowest BCUT2D eigenvalue weighted by Crippen LogP contribution is -2.16. The molecular weight excluding hydrogens is 264 g/mol. The van der Waals surface area contributed by atoms with E-state index < -0.39 is 24.6 Å². The fourth-order valence-corrected chi connectivity index (χ4v) is 1.77. The zero-order valence-corrected chi connectivity index (χ0v) is 11.2. The Morgan fingerprint density at radius 3 is 2.70 bits per heavy atom. The van der Waals surface area contributed by atoms with Gasteiger partial charge in [0.2, 0.25) is 0 Å². The van der Waals surface area contributed by atoms with Gasteiger partial charge in [-0.1, -0.05) is 12.1 Å². The Morgan fingerprint density at radius 2 is 2.00 bits per heavy atom. The molecule has 0 atom stereocenters. The SMILES string of the molecule is CCOC(=O)CC(=O)Oc1cccc(C2OCCO2)c1. The van der Waals surface area contributed by atoms with Crippen molar-refractivity contribution in [1.82, 2.24) is 0 Å². The first-order valence-electron chi connectivity index (χ1n) is 6.38. The zero-order chi connectivity index (χ0) is 14.4. The standard InChI is InChI=1S/C14H16O6/c1-2-17-12(15)9-13(16)20-11-5-3-4-10(8-11)14-18-6-7-19-14/h3-5,8,14H,2,6-7,9H2,1H3. The van der Waals surface area contributed by atoms with Gasteiger partial charge in [0.1, 0.15) is 12.2 Å². The van der Waals surface area contributed by atoms with E-state index in [0.29, 0.717) is 19.0 Å². The van der Waals surface area contributed by atoms with Crippen molar-refractivity contribution in [2.24, 2.45) is 0 Å². The second kappa shape index (κ2) is 7.02. The summed E-state index contributed by atoms with van der Waals surface area (Å²) in [6.45, 7) is 2.99. The van der Waals surface area contributed by atoms with E-state index in [1.807, 2.05) is 6.07 Å². The van der Waals surface area contributed by atoms with Gasteiger partial charge in [-0.15, -0.1) is 0 Å². The molecule has 6 nitrogen and oxygen atoms in total. The molecule has 20 heavy (non-hydrogen) atoms. The number of hydrogen-bond acceptors (Lipinski definition) is 6. The Bertz CT molecular complexity index is 478. The monoisotopic (exact) mass is 280 g/mol. The third kappa shape index (κ3) is 4.04. The summed E-state index contributed by atoms with van der Waals surface area (Å²) < 4.78 is 20.5. The van der Waals surface area contributed by atoms with Gasteiger partial charge >= 0.3 is 11.9 Å². The van der Waals surface area contributed by atoms with E-state index in [0.717, 1.165) is 5.56 Å². The van der Waals surface area contributed by atoms with E-state index in [1.165, 1.54) is 0 Å². The topological polar surface area (TPSA) is 71.1 Å². The minimum atomic E-state index is -0.658. The van der Waals surface area contributed by atoms with E-state index in [4.69, 9.17) is 14.2 Å². The molecule has 1 saturated heterocycles. The molecule has 1 aromatic carbocycles. The van der Waals surface area contributed by atoms with Crippen molar-refractivity contribution in [2.45, 2.75) is 19.6 Å². The molecule has 0 saturated carbocycles. The Balaban J connectivity index is 1.93. The molecule has 1 aromatic rings. The largest absolute Gasteiger partial charge is 0.466 e. The van der Waals surface area contributed by atoms with Crippen LogP contribution in [0, 0.1) is 0 Å². The highest BCUT2D eigenvalue weighted by Gasteiger charge is 2.19. The summed E-state index contributed by atoms with van der Waals surface area (Å²) in [5.41, 5.74) is 0.768. The Hall–Kier alpha value is -1.92. The third-order valence-corrected chi connectivity index (χ3v) is 2.58. The van der Waals surface area contributed by atoms with Gasteiger partial charge in [-0.2, -0.15) is 0 Å². The molecule has 0 aliphatic carbocycles. The normalized spacial score (nSPS) is 15.1. The summed E-state index contributed by atoms with van der Waals surface area (Å²) in [6, 6.07) is 6.83. The highest BCUT2D eigenvalue weighted by atomic mass is 16.7. The molecule has 1 aliphatic rings. The van der Waals surface area contributed by atoms with Crippen LogP contribution >= 0.6 is 0 Å². The van der Waals surface area contributed by atoms with E-state index in [1.54, 1.807) is 25.1 Å². The summed E-state index contributed by atoms with van der Waals surface area (Å²) >= 11 is 0. The maximum absolute atomic E-state index is 11.5. The summed E-state index contributed by atoms with van der Waals surface area (Å²) in [5, 5.41) is 0. The molecule has 1 heterocycles. The van der Waals surface area contributed by atoms with Gasteiger partial charge in [0, 0.05) is 5.56 Å². The fourth-order valence-electron chi connectivity index (χ4n) is 1.77.